The summed E-state index contributed by atoms with van der Waals surface area (Å²) in [5.41, 5.74) is 1.52. The molecule has 0 radical (unpaired) electrons. The molecule has 5 nitrogen and oxygen atoms in total. The molecule has 1 N–H and O–H groups in total. The Kier molecular flexibility index (Phi) is 6.34. The van der Waals surface area contributed by atoms with E-state index < -0.39 is 13.7 Å². The number of amides is 1. The lowest BCUT2D eigenvalue weighted by atomic mass is 9.67. The van der Waals surface area contributed by atoms with Crippen molar-refractivity contribution in [3.8, 4) is 0 Å². The predicted molar refractivity (Wildman–Crippen MR) is 121 cm³/mol. The Morgan fingerprint density at radius 3 is 2.66 bits per heavy atom. The Hall–Kier alpha value is -1.54. The average Bonchev–Trinajstić information content (AvgIpc) is 3.20. The van der Waals surface area contributed by atoms with Gasteiger partial charge >= 0.3 is 0 Å². The highest BCUT2D eigenvalue weighted by molar-refractivity contribution is 7.09. The highest BCUT2D eigenvalue weighted by atomic mass is 32.1. The summed E-state index contributed by atoms with van der Waals surface area (Å²) in [5.74, 6) is 0. The van der Waals surface area contributed by atoms with Crippen LogP contribution in [0.2, 0.25) is 25.7 Å². The van der Waals surface area contributed by atoms with E-state index in [9.17, 15) is 9.90 Å². The van der Waals surface area contributed by atoms with Crippen molar-refractivity contribution >= 4 is 31.5 Å². The molecule has 0 saturated carbocycles. The first-order valence-electron chi connectivity index (χ1n) is 10.1. The van der Waals surface area contributed by atoms with Crippen molar-refractivity contribution in [2.24, 2.45) is 0 Å². The number of nitrogens with zero attached hydrogens (tertiary/aromatic N) is 2. The number of rotatable bonds is 8. The lowest BCUT2D eigenvalue weighted by molar-refractivity contribution is -0.108. The Morgan fingerprint density at radius 1 is 1.28 bits per heavy atom. The molecule has 1 aliphatic rings. The standard InChI is InChI=1S/C22H32N2O3SSi/c1-21(2)8-9-22(26,20-23-10-12-28-20)19-14-17(6-7-18(19)21)24(15-25)16-27-11-13-29(3,4)5/h6-7,10,12,14-15,26H,8-9,11,13,16H2,1-5H3. The molecule has 0 fully saturated rings. The number of carbonyl (C=O) groups is 1. The van der Waals surface area contributed by atoms with Crippen LogP contribution in [0.4, 0.5) is 5.69 Å². The maximum absolute atomic E-state index is 11.8. The maximum atomic E-state index is 11.8. The number of aromatic nitrogens is 1. The normalized spacial score (nSPS) is 20.9. The third-order valence-corrected chi connectivity index (χ3v) is 8.39. The molecule has 0 aliphatic heterocycles. The van der Waals surface area contributed by atoms with Crippen LogP contribution in [0.25, 0.3) is 0 Å². The Balaban J connectivity index is 1.89. The molecule has 0 bridgehead atoms. The van der Waals surface area contributed by atoms with E-state index in [1.165, 1.54) is 11.3 Å². The van der Waals surface area contributed by atoms with E-state index in [4.69, 9.17) is 4.74 Å². The van der Waals surface area contributed by atoms with Gasteiger partial charge in [0.15, 0.2) is 0 Å². The number of benzene rings is 1. The topological polar surface area (TPSA) is 62.7 Å². The van der Waals surface area contributed by atoms with Gasteiger partial charge in [-0.2, -0.15) is 0 Å². The zero-order valence-corrected chi connectivity index (χ0v) is 19.9. The fourth-order valence-corrected chi connectivity index (χ4v) is 5.30. The molecule has 1 heterocycles. The first kappa shape index (κ1) is 22.1. The summed E-state index contributed by atoms with van der Waals surface area (Å²) < 4.78 is 5.78. The van der Waals surface area contributed by atoms with Crippen LogP contribution < -0.4 is 4.90 Å². The van der Waals surface area contributed by atoms with Crippen LogP contribution in [0.5, 0.6) is 0 Å². The zero-order valence-electron chi connectivity index (χ0n) is 18.1. The van der Waals surface area contributed by atoms with Crippen molar-refractivity contribution in [3.63, 3.8) is 0 Å². The van der Waals surface area contributed by atoms with Crippen molar-refractivity contribution in [1.82, 2.24) is 4.98 Å². The van der Waals surface area contributed by atoms with Gasteiger partial charge in [-0.05, 0) is 47.6 Å². The van der Waals surface area contributed by atoms with Gasteiger partial charge in [0.25, 0.3) is 0 Å². The minimum absolute atomic E-state index is 0.0444. The van der Waals surface area contributed by atoms with E-state index in [2.05, 4.69) is 38.5 Å². The van der Waals surface area contributed by atoms with Crippen molar-refractivity contribution < 1.29 is 14.6 Å². The second-order valence-electron chi connectivity index (χ2n) is 9.73. The van der Waals surface area contributed by atoms with Crippen LogP contribution in [0.15, 0.2) is 29.8 Å². The summed E-state index contributed by atoms with van der Waals surface area (Å²) in [5, 5.41) is 14.2. The molecule has 1 amide bonds. The average molecular weight is 433 g/mol. The number of hydrogen-bond donors (Lipinski definition) is 1. The molecular formula is C22H32N2O3SSi. The molecule has 3 rings (SSSR count). The third-order valence-electron chi connectivity index (χ3n) is 5.76. The van der Waals surface area contributed by atoms with Crippen LogP contribution in [0.1, 0.15) is 42.8 Å². The van der Waals surface area contributed by atoms with Gasteiger partial charge in [-0.1, -0.05) is 39.6 Å². The van der Waals surface area contributed by atoms with Crippen molar-refractivity contribution in [3.05, 3.63) is 45.9 Å². The second kappa shape index (κ2) is 8.30. The SMILES string of the molecule is CC1(C)CCC(O)(c2nccs2)c2cc(N(C=O)COCC[Si](C)(C)C)ccc21. The minimum Gasteiger partial charge on any atom is -0.378 e. The number of hydrogen-bond acceptors (Lipinski definition) is 5. The van der Waals surface area contributed by atoms with Crippen LogP contribution in [0, 0.1) is 0 Å². The molecule has 7 heteroatoms. The Morgan fingerprint density at radius 2 is 2.03 bits per heavy atom. The number of carbonyl (C=O) groups excluding carboxylic acids is 1. The van der Waals surface area contributed by atoms with Gasteiger partial charge < -0.3 is 9.84 Å². The van der Waals surface area contributed by atoms with E-state index in [0.29, 0.717) is 18.0 Å². The zero-order chi connectivity index (χ0) is 21.3. The van der Waals surface area contributed by atoms with Gasteiger partial charge in [0, 0.05) is 31.9 Å². The van der Waals surface area contributed by atoms with Gasteiger partial charge in [-0.15, -0.1) is 11.3 Å². The molecule has 1 unspecified atom stereocenters. The van der Waals surface area contributed by atoms with E-state index in [1.54, 1.807) is 11.1 Å². The van der Waals surface area contributed by atoms with Crippen molar-refractivity contribution in [2.45, 2.75) is 63.4 Å². The quantitative estimate of drug-likeness (QED) is 0.284. The van der Waals surface area contributed by atoms with Gasteiger partial charge in [-0.3, -0.25) is 9.69 Å². The number of aliphatic hydroxyl groups is 1. The first-order chi connectivity index (χ1) is 13.6. The largest absolute Gasteiger partial charge is 0.378 e. The molecule has 1 atom stereocenters. The highest BCUT2D eigenvalue weighted by Gasteiger charge is 2.44. The molecule has 158 valence electrons. The third kappa shape index (κ3) is 4.79. The van der Waals surface area contributed by atoms with E-state index in [-0.39, 0.29) is 12.1 Å². The van der Waals surface area contributed by atoms with Crippen molar-refractivity contribution in [1.29, 1.82) is 0 Å². The fourth-order valence-electron chi connectivity index (χ4n) is 3.76. The number of ether oxygens (including phenoxy) is 1. The molecule has 29 heavy (non-hydrogen) atoms. The van der Waals surface area contributed by atoms with Crippen LogP contribution in [0.3, 0.4) is 0 Å². The molecule has 0 spiro atoms. The summed E-state index contributed by atoms with van der Waals surface area (Å²) in [6, 6.07) is 6.99. The van der Waals surface area contributed by atoms with Crippen LogP contribution in [-0.2, 0) is 20.5 Å². The summed E-state index contributed by atoms with van der Waals surface area (Å²) in [4.78, 5) is 17.7. The summed E-state index contributed by atoms with van der Waals surface area (Å²) in [7, 11) is -1.17. The molecule has 1 aromatic carbocycles. The van der Waals surface area contributed by atoms with Crippen LogP contribution >= 0.6 is 11.3 Å². The Labute approximate surface area is 178 Å². The lowest BCUT2D eigenvalue weighted by Gasteiger charge is -2.42. The molecular weight excluding hydrogens is 400 g/mol. The molecule has 1 aliphatic carbocycles. The highest BCUT2D eigenvalue weighted by Crippen LogP contribution is 2.49. The smallest absolute Gasteiger partial charge is 0.216 e. The maximum Gasteiger partial charge on any atom is 0.216 e. The van der Waals surface area contributed by atoms with Crippen molar-refractivity contribution in [2.75, 3.05) is 18.2 Å². The Bertz CT molecular complexity index is 848. The number of thiazole rings is 1. The fraction of sp³-hybridized carbons (Fsp3) is 0.545. The lowest BCUT2D eigenvalue weighted by Crippen LogP contribution is -2.39. The molecule has 2 aromatic rings. The number of fused-ring (bicyclic) bond motifs is 1. The summed E-state index contributed by atoms with van der Waals surface area (Å²) in [6.45, 7) is 12.2. The minimum atomic E-state index is -1.17. The second-order valence-corrected chi connectivity index (χ2v) is 16.3. The predicted octanol–water partition coefficient (Wildman–Crippen LogP) is 4.73. The first-order valence-corrected chi connectivity index (χ1v) is 14.7. The molecule has 1 aromatic heterocycles. The number of anilines is 1. The summed E-state index contributed by atoms with van der Waals surface area (Å²) in [6.07, 6.45) is 4.00. The van der Waals surface area contributed by atoms with Gasteiger partial charge in [-0.25, -0.2) is 4.98 Å². The van der Waals surface area contributed by atoms with Gasteiger partial charge in [0.2, 0.25) is 6.41 Å². The molecule has 0 saturated heterocycles. The van der Waals surface area contributed by atoms with E-state index in [1.807, 2.05) is 23.6 Å². The van der Waals surface area contributed by atoms with E-state index in [0.717, 1.165) is 35.7 Å². The van der Waals surface area contributed by atoms with Crippen LogP contribution in [-0.4, -0.2) is 37.9 Å². The monoisotopic (exact) mass is 432 g/mol. The summed E-state index contributed by atoms with van der Waals surface area (Å²) >= 11 is 1.47. The van der Waals surface area contributed by atoms with Gasteiger partial charge in [0.1, 0.15) is 17.3 Å². The van der Waals surface area contributed by atoms with Gasteiger partial charge in [0.05, 0.1) is 0 Å². The van der Waals surface area contributed by atoms with E-state index >= 15 is 0 Å².